The van der Waals surface area contributed by atoms with Gasteiger partial charge in [0.25, 0.3) is 5.91 Å². The second-order valence-corrected chi connectivity index (χ2v) is 9.20. The van der Waals surface area contributed by atoms with Crippen molar-refractivity contribution in [3.05, 3.63) is 86.6 Å². The maximum atomic E-state index is 12.5. The van der Waals surface area contributed by atoms with Gasteiger partial charge in [0, 0.05) is 38.9 Å². The Balaban J connectivity index is 1.35. The number of rotatable bonds is 7. The van der Waals surface area contributed by atoms with E-state index in [9.17, 15) is 4.79 Å². The summed E-state index contributed by atoms with van der Waals surface area (Å²) < 4.78 is 0. The van der Waals surface area contributed by atoms with Gasteiger partial charge in [-0.1, -0.05) is 47.1 Å². The van der Waals surface area contributed by atoms with Crippen molar-refractivity contribution in [1.29, 1.82) is 0 Å². The van der Waals surface area contributed by atoms with Crippen molar-refractivity contribution in [3.8, 4) is 0 Å². The molecule has 152 valence electrons. The fraction of sp³-hybridized carbons (Fsp3) is 0.100. The molecule has 0 spiro atoms. The average Bonchev–Trinajstić information content (AvgIpc) is 3.42. The Morgan fingerprint density at radius 3 is 2.73 bits per heavy atom. The van der Waals surface area contributed by atoms with Crippen LogP contribution >= 0.6 is 46.3 Å². The fourth-order valence-corrected chi connectivity index (χ4v) is 4.60. The number of nitrogens with zero attached hydrogens (tertiary/aromatic N) is 3. The highest BCUT2D eigenvalue weighted by Gasteiger charge is 2.11. The van der Waals surface area contributed by atoms with E-state index in [0.717, 1.165) is 26.9 Å². The minimum atomic E-state index is -0.203. The first-order valence-corrected chi connectivity index (χ1v) is 11.4. The lowest BCUT2D eigenvalue weighted by Gasteiger charge is -2.04. The molecule has 1 amide bonds. The molecule has 0 bridgehead atoms. The summed E-state index contributed by atoms with van der Waals surface area (Å²) in [5, 5.41) is 12.1. The number of carbonyl (C=O) groups is 1. The number of hydrogen-bond donors (Lipinski definition) is 2. The fourth-order valence-electron chi connectivity index (χ4n) is 2.65. The van der Waals surface area contributed by atoms with Crippen molar-refractivity contribution in [2.75, 3.05) is 5.32 Å². The standard InChI is InChI=1S/C20H15Cl2N5OS2/c21-15-5-6-17(22)14(7-15)8-16-9-23-19(30-16)26-18(28)13-3-1-12(2-4-13)10-29-20-24-11-25-27-20/h1-7,9,11H,8,10H2,(H,23,26,28)(H,24,25,27). The van der Waals surface area contributed by atoms with Crippen molar-refractivity contribution < 1.29 is 4.79 Å². The Hall–Kier alpha value is -2.39. The van der Waals surface area contributed by atoms with Crippen LogP contribution in [0.5, 0.6) is 0 Å². The SMILES string of the molecule is O=C(Nc1ncc(Cc2cc(Cl)ccc2Cl)s1)c1ccc(CSc2ncn[nH]2)cc1. The summed E-state index contributed by atoms with van der Waals surface area (Å²) in [6, 6.07) is 12.8. The van der Waals surface area contributed by atoms with Gasteiger partial charge >= 0.3 is 0 Å². The third kappa shape index (κ3) is 5.40. The average molecular weight is 476 g/mol. The van der Waals surface area contributed by atoms with Gasteiger partial charge in [0.1, 0.15) is 6.33 Å². The van der Waals surface area contributed by atoms with Crippen molar-refractivity contribution in [1.82, 2.24) is 20.2 Å². The number of nitrogens with one attached hydrogen (secondary N) is 2. The largest absolute Gasteiger partial charge is 0.298 e. The van der Waals surface area contributed by atoms with E-state index in [1.165, 1.54) is 17.7 Å². The van der Waals surface area contributed by atoms with Gasteiger partial charge in [-0.2, -0.15) is 5.10 Å². The summed E-state index contributed by atoms with van der Waals surface area (Å²) in [6.07, 6.45) is 3.81. The molecule has 0 fully saturated rings. The van der Waals surface area contributed by atoms with E-state index < -0.39 is 0 Å². The van der Waals surface area contributed by atoms with Gasteiger partial charge in [0.05, 0.1) is 0 Å². The van der Waals surface area contributed by atoms with E-state index in [4.69, 9.17) is 23.2 Å². The number of thioether (sulfide) groups is 1. The van der Waals surface area contributed by atoms with Crippen LogP contribution in [0.25, 0.3) is 0 Å². The monoisotopic (exact) mass is 475 g/mol. The number of anilines is 1. The van der Waals surface area contributed by atoms with E-state index >= 15 is 0 Å². The number of hydrogen-bond acceptors (Lipinski definition) is 6. The number of H-pyrrole nitrogens is 1. The van der Waals surface area contributed by atoms with Gasteiger partial charge in [-0.15, -0.1) is 11.3 Å². The highest BCUT2D eigenvalue weighted by atomic mass is 35.5. The lowest BCUT2D eigenvalue weighted by Crippen LogP contribution is -2.11. The van der Waals surface area contributed by atoms with Gasteiger partial charge in [-0.25, -0.2) is 9.97 Å². The molecule has 6 nitrogen and oxygen atoms in total. The van der Waals surface area contributed by atoms with Crippen LogP contribution in [0.3, 0.4) is 0 Å². The third-order valence-electron chi connectivity index (χ3n) is 4.13. The summed E-state index contributed by atoms with van der Waals surface area (Å²) in [5.74, 6) is 0.532. The van der Waals surface area contributed by atoms with Crippen molar-refractivity contribution >= 4 is 57.3 Å². The molecule has 4 rings (SSSR count). The molecule has 2 aromatic carbocycles. The van der Waals surface area contributed by atoms with Crippen LogP contribution < -0.4 is 5.32 Å². The quantitative estimate of drug-likeness (QED) is 0.334. The molecule has 2 heterocycles. The molecule has 0 aliphatic heterocycles. The second kappa shape index (κ2) is 9.61. The smallest absolute Gasteiger partial charge is 0.257 e. The number of carbonyl (C=O) groups excluding carboxylic acids is 1. The van der Waals surface area contributed by atoms with E-state index in [0.29, 0.717) is 27.2 Å². The van der Waals surface area contributed by atoms with Crippen molar-refractivity contribution in [2.45, 2.75) is 17.3 Å². The molecule has 0 saturated carbocycles. The van der Waals surface area contributed by atoms with E-state index in [1.807, 2.05) is 18.2 Å². The topological polar surface area (TPSA) is 83.6 Å². The number of aromatic nitrogens is 4. The third-order valence-corrected chi connectivity index (χ3v) is 6.60. The van der Waals surface area contributed by atoms with Crippen LogP contribution in [-0.2, 0) is 12.2 Å². The summed E-state index contributed by atoms with van der Waals surface area (Å²) in [5.41, 5.74) is 2.57. The molecule has 4 aromatic rings. The number of halogens is 2. The van der Waals surface area contributed by atoms with Crippen LogP contribution in [0, 0.1) is 0 Å². The molecule has 2 aromatic heterocycles. The molecule has 10 heteroatoms. The number of benzene rings is 2. The first-order chi connectivity index (χ1) is 14.6. The van der Waals surface area contributed by atoms with Crippen LogP contribution in [0.4, 0.5) is 5.13 Å². The molecule has 0 radical (unpaired) electrons. The minimum Gasteiger partial charge on any atom is -0.298 e. The van der Waals surface area contributed by atoms with E-state index in [1.54, 1.807) is 42.2 Å². The Morgan fingerprint density at radius 2 is 1.97 bits per heavy atom. The van der Waals surface area contributed by atoms with Crippen molar-refractivity contribution in [3.63, 3.8) is 0 Å². The van der Waals surface area contributed by atoms with Gasteiger partial charge in [0.2, 0.25) is 0 Å². The van der Waals surface area contributed by atoms with Gasteiger partial charge in [-0.05, 0) is 41.5 Å². The molecule has 2 N–H and O–H groups in total. The number of amides is 1. The van der Waals surface area contributed by atoms with Crippen molar-refractivity contribution in [2.24, 2.45) is 0 Å². The molecular weight excluding hydrogens is 461 g/mol. The zero-order chi connectivity index (χ0) is 20.9. The molecule has 0 unspecified atom stereocenters. The zero-order valence-corrected chi connectivity index (χ0v) is 18.6. The Bertz CT molecular complexity index is 1150. The number of thiazole rings is 1. The lowest BCUT2D eigenvalue weighted by atomic mass is 10.1. The molecule has 0 aliphatic carbocycles. The first kappa shape index (κ1) is 20.9. The highest BCUT2D eigenvalue weighted by molar-refractivity contribution is 7.98. The van der Waals surface area contributed by atoms with Gasteiger partial charge in [0.15, 0.2) is 10.3 Å². The van der Waals surface area contributed by atoms with Crippen LogP contribution in [0.15, 0.2) is 60.1 Å². The first-order valence-electron chi connectivity index (χ1n) is 8.84. The molecule has 0 saturated heterocycles. The summed E-state index contributed by atoms with van der Waals surface area (Å²) in [6.45, 7) is 0. The second-order valence-electron chi connectivity index (χ2n) is 6.27. The maximum Gasteiger partial charge on any atom is 0.257 e. The summed E-state index contributed by atoms with van der Waals surface area (Å²) in [4.78, 5) is 21.9. The molecule has 0 aliphatic rings. The number of aromatic amines is 1. The molecule has 30 heavy (non-hydrogen) atoms. The summed E-state index contributed by atoms with van der Waals surface area (Å²) in [7, 11) is 0. The van der Waals surface area contributed by atoms with E-state index in [-0.39, 0.29) is 5.91 Å². The molecular formula is C20H15Cl2N5OS2. The normalized spacial score (nSPS) is 10.9. The maximum absolute atomic E-state index is 12.5. The predicted molar refractivity (Wildman–Crippen MR) is 122 cm³/mol. The lowest BCUT2D eigenvalue weighted by molar-refractivity contribution is 0.102. The van der Waals surface area contributed by atoms with Crippen LogP contribution in [0.2, 0.25) is 10.0 Å². The Kier molecular flexibility index (Phi) is 6.69. The van der Waals surface area contributed by atoms with Crippen LogP contribution in [-0.4, -0.2) is 26.1 Å². The Labute approximate surface area is 191 Å². The Morgan fingerprint density at radius 1 is 1.13 bits per heavy atom. The predicted octanol–water partition coefficient (Wildman–Crippen LogP) is 5.70. The minimum absolute atomic E-state index is 0.203. The van der Waals surface area contributed by atoms with E-state index in [2.05, 4.69) is 25.5 Å². The van der Waals surface area contributed by atoms with Gasteiger partial charge < -0.3 is 0 Å². The van der Waals surface area contributed by atoms with Gasteiger partial charge in [-0.3, -0.25) is 15.2 Å². The highest BCUT2D eigenvalue weighted by Crippen LogP contribution is 2.27. The zero-order valence-electron chi connectivity index (χ0n) is 15.4. The van der Waals surface area contributed by atoms with Crippen LogP contribution in [0.1, 0.15) is 26.4 Å². The molecule has 0 atom stereocenters. The summed E-state index contributed by atoms with van der Waals surface area (Å²) >= 11 is 15.2.